The fourth-order valence-corrected chi connectivity index (χ4v) is 2.24. The predicted octanol–water partition coefficient (Wildman–Crippen LogP) is 3.39. The monoisotopic (exact) mass is 235 g/mol. The molecule has 1 heterocycles. The molecule has 2 heteroatoms. The zero-order valence-electron chi connectivity index (χ0n) is 9.88. The van der Waals surface area contributed by atoms with Gasteiger partial charge in [0.25, 0.3) is 0 Å². The van der Waals surface area contributed by atoms with Crippen molar-refractivity contribution in [2.45, 2.75) is 6.61 Å². The highest BCUT2D eigenvalue weighted by atomic mass is 16.3. The molecule has 3 aromatic rings. The lowest BCUT2D eigenvalue weighted by molar-refractivity contribution is 0.284. The largest absolute Gasteiger partial charge is 0.392 e. The molecule has 88 valence electrons. The maximum absolute atomic E-state index is 9.65. The molecule has 0 amide bonds. The summed E-state index contributed by atoms with van der Waals surface area (Å²) in [7, 11) is 0. The van der Waals surface area contributed by atoms with Gasteiger partial charge in [-0.3, -0.25) is 4.98 Å². The van der Waals surface area contributed by atoms with Gasteiger partial charge in [-0.05, 0) is 17.2 Å². The first-order chi connectivity index (χ1) is 8.90. The van der Waals surface area contributed by atoms with Crippen molar-refractivity contribution < 1.29 is 5.11 Å². The van der Waals surface area contributed by atoms with Gasteiger partial charge in [0.15, 0.2) is 0 Å². The molecule has 1 aromatic heterocycles. The van der Waals surface area contributed by atoms with Gasteiger partial charge in [0.1, 0.15) is 0 Å². The van der Waals surface area contributed by atoms with Gasteiger partial charge in [-0.15, -0.1) is 0 Å². The van der Waals surface area contributed by atoms with Crippen LogP contribution in [-0.4, -0.2) is 10.1 Å². The first-order valence-corrected chi connectivity index (χ1v) is 5.93. The van der Waals surface area contributed by atoms with Crippen LogP contribution >= 0.6 is 0 Å². The minimum absolute atomic E-state index is 0.0211. The lowest BCUT2D eigenvalue weighted by Crippen LogP contribution is -1.93. The zero-order valence-corrected chi connectivity index (χ0v) is 9.88. The van der Waals surface area contributed by atoms with Gasteiger partial charge in [-0.25, -0.2) is 0 Å². The van der Waals surface area contributed by atoms with Gasteiger partial charge < -0.3 is 5.11 Å². The number of nitrogens with zero attached hydrogens (tertiary/aromatic N) is 1. The Kier molecular flexibility index (Phi) is 2.79. The van der Waals surface area contributed by atoms with Gasteiger partial charge in [-0.2, -0.15) is 0 Å². The first-order valence-electron chi connectivity index (χ1n) is 5.93. The number of para-hydroxylation sites is 1. The third-order valence-corrected chi connectivity index (χ3v) is 3.13. The van der Waals surface area contributed by atoms with Crippen LogP contribution in [-0.2, 0) is 6.61 Å². The van der Waals surface area contributed by atoms with Crippen molar-refractivity contribution in [2.24, 2.45) is 0 Å². The van der Waals surface area contributed by atoms with Crippen molar-refractivity contribution in [3.05, 3.63) is 66.4 Å². The second-order valence-corrected chi connectivity index (χ2v) is 4.19. The molecule has 0 aliphatic heterocycles. The van der Waals surface area contributed by atoms with Crippen molar-refractivity contribution in [1.29, 1.82) is 0 Å². The molecule has 1 N–H and O–H groups in total. The molecule has 0 unspecified atom stereocenters. The molecule has 0 saturated heterocycles. The van der Waals surface area contributed by atoms with Crippen LogP contribution in [0.4, 0.5) is 0 Å². The lowest BCUT2D eigenvalue weighted by Gasteiger charge is -2.10. The molecular weight excluding hydrogens is 222 g/mol. The van der Waals surface area contributed by atoms with Crippen LogP contribution < -0.4 is 0 Å². The molecule has 0 bridgehead atoms. The van der Waals surface area contributed by atoms with Gasteiger partial charge in [-0.1, -0.05) is 48.5 Å². The highest BCUT2D eigenvalue weighted by Gasteiger charge is 2.08. The number of hydrogen-bond donors (Lipinski definition) is 1. The van der Waals surface area contributed by atoms with Crippen LogP contribution in [0.5, 0.6) is 0 Å². The van der Waals surface area contributed by atoms with Crippen molar-refractivity contribution in [3.8, 4) is 11.1 Å². The SMILES string of the molecule is OCc1c(-c2ccccc2)cnc2ccccc12. The Bertz CT molecular complexity index is 677. The van der Waals surface area contributed by atoms with E-state index in [9.17, 15) is 5.11 Å². The van der Waals surface area contributed by atoms with E-state index in [0.29, 0.717) is 0 Å². The standard InChI is InChI=1S/C16H13NO/c18-11-15-13-8-4-5-9-16(13)17-10-14(15)12-6-2-1-3-7-12/h1-10,18H,11H2. The number of fused-ring (bicyclic) bond motifs is 1. The Morgan fingerprint density at radius 1 is 0.889 bits per heavy atom. The number of benzene rings is 2. The van der Waals surface area contributed by atoms with E-state index in [0.717, 1.165) is 27.6 Å². The molecule has 0 radical (unpaired) electrons. The molecule has 2 nitrogen and oxygen atoms in total. The summed E-state index contributed by atoms with van der Waals surface area (Å²) in [6.07, 6.45) is 1.84. The maximum Gasteiger partial charge on any atom is 0.0706 e. The average Bonchev–Trinajstić information content (AvgIpc) is 2.47. The highest BCUT2D eigenvalue weighted by molar-refractivity contribution is 5.88. The summed E-state index contributed by atoms with van der Waals surface area (Å²) >= 11 is 0. The van der Waals surface area contributed by atoms with Crippen LogP contribution in [0.1, 0.15) is 5.56 Å². The molecule has 0 spiro atoms. The second kappa shape index (κ2) is 4.59. The zero-order chi connectivity index (χ0) is 12.4. The molecule has 0 fully saturated rings. The topological polar surface area (TPSA) is 33.1 Å². The predicted molar refractivity (Wildman–Crippen MR) is 73.1 cm³/mol. The summed E-state index contributed by atoms with van der Waals surface area (Å²) < 4.78 is 0. The Balaban J connectivity index is 2.31. The fraction of sp³-hybridized carbons (Fsp3) is 0.0625. The smallest absolute Gasteiger partial charge is 0.0706 e. The van der Waals surface area contributed by atoms with Crippen molar-refractivity contribution >= 4 is 10.9 Å². The molecule has 0 saturated carbocycles. The molecule has 18 heavy (non-hydrogen) atoms. The number of rotatable bonds is 2. The summed E-state index contributed by atoms with van der Waals surface area (Å²) in [4.78, 5) is 4.46. The summed E-state index contributed by atoms with van der Waals surface area (Å²) in [6.45, 7) is 0.0211. The number of aromatic nitrogens is 1. The van der Waals surface area contributed by atoms with Crippen LogP contribution in [0.25, 0.3) is 22.0 Å². The molecule has 0 aliphatic carbocycles. The van der Waals surface area contributed by atoms with Crippen molar-refractivity contribution in [3.63, 3.8) is 0 Å². The van der Waals surface area contributed by atoms with Gasteiger partial charge in [0.05, 0.1) is 12.1 Å². The van der Waals surface area contributed by atoms with Crippen molar-refractivity contribution in [2.75, 3.05) is 0 Å². The average molecular weight is 235 g/mol. The van der Waals surface area contributed by atoms with Crippen LogP contribution in [0, 0.1) is 0 Å². The highest BCUT2D eigenvalue weighted by Crippen LogP contribution is 2.28. The second-order valence-electron chi connectivity index (χ2n) is 4.19. The van der Waals surface area contributed by atoms with E-state index in [1.807, 2.05) is 60.8 Å². The number of pyridine rings is 1. The molecule has 3 rings (SSSR count). The molecule has 0 aliphatic rings. The van der Waals surface area contributed by atoms with E-state index >= 15 is 0 Å². The third kappa shape index (κ3) is 1.77. The minimum atomic E-state index is 0.0211. The maximum atomic E-state index is 9.65. The van der Waals surface area contributed by atoms with E-state index in [1.54, 1.807) is 0 Å². The van der Waals surface area contributed by atoms with E-state index in [4.69, 9.17) is 0 Å². The quantitative estimate of drug-likeness (QED) is 0.738. The molecule has 0 atom stereocenters. The first kappa shape index (κ1) is 10.9. The van der Waals surface area contributed by atoms with E-state index in [2.05, 4.69) is 4.98 Å². The number of hydrogen-bond acceptors (Lipinski definition) is 2. The number of aliphatic hydroxyl groups excluding tert-OH is 1. The summed E-state index contributed by atoms with van der Waals surface area (Å²) in [6, 6.07) is 17.9. The van der Waals surface area contributed by atoms with E-state index in [-0.39, 0.29) is 6.61 Å². The Labute approximate surface area is 106 Å². The fourth-order valence-electron chi connectivity index (χ4n) is 2.24. The van der Waals surface area contributed by atoms with Gasteiger partial charge >= 0.3 is 0 Å². The Morgan fingerprint density at radius 3 is 2.39 bits per heavy atom. The Hall–Kier alpha value is -2.19. The third-order valence-electron chi connectivity index (χ3n) is 3.13. The Morgan fingerprint density at radius 2 is 1.61 bits per heavy atom. The lowest BCUT2D eigenvalue weighted by atomic mass is 9.98. The van der Waals surface area contributed by atoms with Crippen molar-refractivity contribution in [1.82, 2.24) is 4.98 Å². The molecular formula is C16H13NO. The van der Waals surface area contributed by atoms with E-state index in [1.165, 1.54) is 0 Å². The summed E-state index contributed by atoms with van der Waals surface area (Å²) in [5, 5.41) is 10.7. The van der Waals surface area contributed by atoms with Crippen LogP contribution in [0.2, 0.25) is 0 Å². The van der Waals surface area contributed by atoms with Crippen LogP contribution in [0.3, 0.4) is 0 Å². The molecule has 2 aromatic carbocycles. The van der Waals surface area contributed by atoms with Gasteiger partial charge in [0.2, 0.25) is 0 Å². The summed E-state index contributed by atoms with van der Waals surface area (Å²) in [5.41, 5.74) is 3.93. The van der Waals surface area contributed by atoms with Crippen LogP contribution in [0.15, 0.2) is 60.8 Å². The summed E-state index contributed by atoms with van der Waals surface area (Å²) in [5.74, 6) is 0. The minimum Gasteiger partial charge on any atom is -0.392 e. The van der Waals surface area contributed by atoms with Gasteiger partial charge in [0, 0.05) is 17.1 Å². The number of aliphatic hydroxyl groups is 1. The normalized spacial score (nSPS) is 10.7. The van der Waals surface area contributed by atoms with E-state index < -0.39 is 0 Å².